The number of ether oxygens (including phenoxy) is 1. The van der Waals surface area contributed by atoms with E-state index in [0.29, 0.717) is 17.2 Å². The highest BCUT2D eigenvalue weighted by Gasteiger charge is 2.31. The SMILES string of the molecule is CCOC(=O)C1=S(CC)CC1=O. The lowest BCUT2D eigenvalue weighted by atomic mass is 10.3. The van der Waals surface area contributed by atoms with Crippen molar-refractivity contribution < 1.29 is 14.3 Å². The lowest BCUT2D eigenvalue weighted by Crippen LogP contribution is -2.36. The Hall–Kier alpha value is -0.640. The van der Waals surface area contributed by atoms with Crippen molar-refractivity contribution in [3.05, 3.63) is 0 Å². The third kappa shape index (κ3) is 1.58. The van der Waals surface area contributed by atoms with E-state index >= 15 is 0 Å². The maximum Gasteiger partial charge on any atom is 0.347 e. The summed E-state index contributed by atoms with van der Waals surface area (Å²) in [6.45, 7) is 4.07. The van der Waals surface area contributed by atoms with E-state index in [4.69, 9.17) is 4.74 Å². The molecule has 3 nitrogen and oxygen atoms in total. The molecule has 1 aliphatic rings. The van der Waals surface area contributed by atoms with Crippen molar-refractivity contribution >= 4 is 27.1 Å². The minimum absolute atomic E-state index is 0.0290. The van der Waals surface area contributed by atoms with Gasteiger partial charge in [0.05, 0.1) is 12.4 Å². The standard InChI is InChI=1S/C8H12O3S/c1-3-11-8(10)7-6(9)5-12(7)4-2/h3-5H2,1-2H3. The summed E-state index contributed by atoms with van der Waals surface area (Å²) in [6.07, 6.45) is 0. The molecule has 0 saturated heterocycles. The minimum atomic E-state index is -0.404. The molecule has 68 valence electrons. The number of hydrogen-bond acceptors (Lipinski definition) is 3. The molecule has 0 aromatic rings. The lowest BCUT2D eigenvalue weighted by molar-refractivity contribution is -0.135. The lowest BCUT2D eigenvalue weighted by Gasteiger charge is -2.20. The first kappa shape index (κ1) is 9.45. The van der Waals surface area contributed by atoms with E-state index in [1.54, 1.807) is 6.92 Å². The minimum Gasteiger partial charge on any atom is -0.462 e. The Balaban J connectivity index is 2.73. The third-order valence-electron chi connectivity index (χ3n) is 1.66. The zero-order chi connectivity index (χ0) is 9.14. The van der Waals surface area contributed by atoms with Crippen molar-refractivity contribution in [3.8, 4) is 0 Å². The van der Waals surface area contributed by atoms with Gasteiger partial charge in [-0.15, -0.1) is 0 Å². The second-order valence-electron chi connectivity index (χ2n) is 2.40. The molecule has 0 fully saturated rings. The predicted octanol–water partition coefficient (Wildman–Crippen LogP) is 0.593. The van der Waals surface area contributed by atoms with Crippen molar-refractivity contribution in [1.29, 1.82) is 0 Å². The van der Waals surface area contributed by atoms with Gasteiger partial charge in [-0.3, -0.25) is 4.79 Å². The fourth-order valence-corrected chi connectivity index (χ4v) is 2.59. The highest BCUT2D eigenvalue weighted by Crippen LogP contribution is 2.25. The molecule has 0 amide bonds. The van der Waals surface area contributed by atoms with Crippen molar-refractivity contribution in [1.82, 2.24) is 0 Å². The molecule has 4 heteroatoms. The molecule has 0 aromatic carbocycles. The first-order chi connectivity index (χ1) is 5.70. The fraction of sp³-hybridized carbons (Fsp3) is 0.625. The quantitative estimate of drug-likeness (QED) is 0.481. The second-order valence-corrected chi connectivity index (χ2v) is 4.66. The maximum atomic E-state index is 11.1. The van der Waals surface area contributed by atoms with Crippen LogP contribution < -0.4 is 0 Å². The molecule has 0 aromatic heterocycles. The topological polar surface area (TPSA) is 43.4 Å². The van der Waals surface area contributed by atoms with Crippen LogP contribution in [0.5, 0.6) is 0 Å². The van der Waals surface area contributed by atoms with Crippen LogP contribution in [-0.2, 0) is 14.3 Å². The fourth-order valence-electron chi connectivity index (χ4n) is 1.05. The monoisotopic (exact) mass is 188 g/mol. The molecular weight excluding hydrogens is 176 g/mol. The zero-order valence-electron chi connectivity index (χ0n) is 7.25. The van der Waals surface area contributed by atoms with Crippen molar-refractivity contribution in [2.75, 3.05) is 18.1 Å². The van der Waals surface area contributed by atoms with E-state index in [9.17, 15) is 9.59 Å². The zero-order valence-corrected chi connectivity index (χ0v) is 8.07. The van der Waals surface area contributed by atoms with E-state index in [-0.39, 0.29) is 16.3 Å². The summed E-state index contributed by atoms with van der Waals surface area (Å²) in [5, 5.41) is 0. The van der Waals surface area contributed by atoms with Crippen molar-refractivity contribution in [3.63, 3.8) is 0 Å². The van der Waals surface area contributed by atoms with Crippen LogP contribution in [0.2, 0.25) is 0 Å². The normalized spacial score (nSPS) is 22.0. The van der Waals surface area contributed by atoms with Gasteiger partial charge in [-0.05, 0) is 12.7 Å². The van der Waals surface area contributed by atoms with Crippen LogP contribution in [0.25, 0.3) is 0 Å². The van der Waals surface area contributed by atoms with E-state index < -0.39 is 5.97 Å². The summed E-state index contributed by atoms with van der Waals surface area (Å²) in [4.78, 5) is 22.5. The first-order valence-electron chi connectivity index (χ1n) is 3.95. The van der Waals surface area contributed by atoms with E-state index in [1.807, 2.05) is 6.92 Å². The van der Waals surface area contributed by atoms with E-state index in [0.717, 1.165) is 5.75 Å². The Morgan fingerprint density at radius 1 is 1.58 bits per heavy atom. The van der Waals surface area contributed by atoms with Gasteiger partial charge in [0.15, 0.2) is 5.78 Å². The second kappa shape index (κ2) is 3.85. The number of hydrogen-bond donors (Lipinski definition) is 0. The number of esters is 1. The smallest absolute Gasteiger partial charge is 0.347 e. The molecule has 1 rings (SSSR count). The Bertz CT molecular complexity index is 255. The van der Waals surface area contributed by atoms with Crippen molar-refractivity contribution in [2.45, 2.75) is 13.8 Å². The molecule has 1 atom stereocenters. The van der Waals surface area contributed by atoms with Crippen molar-refractivity contribution in [2.24, 2.45) is 0 Å². The van der Waals surface area contributed by atoms with E-state index in [2.05, 4.69) is 0 Å². The number of Topliss-reactive ketones (excluding diaryl/α,β-unsaturated/α-hetero) is 1. The molecule has 0 saturated carbocycles. The summed E-state index contributed by atoms with van der Waals surface area (Å²) < 4.78 is 4.76. The van der Waals surface area contributed by atoms with Crippen LogP contribution in [-0.4, -0.2) is 34.7 Å². The molecule has 1 aliphatic heterocycles. The molecule has 0 bridgehead atoms. The molecular formula is C8H12O3S. The van der Waals surface area contributed by atoms with Gasteiger partial charge in [-0.1, -0.05) is 6.92 Å². The maximum absolute atomic E-state index is 11.1. The van der Waals surface area contributed by atoms with Gasteiger partial charge in [-0.2, -0.15) is 10.5 Å². The summed E-state index contributed by atoms with van der Waals surface area (Å²) in [7, 11) is -0.110. The number of carbonyl (C=O) groups is 2. The molecule has 0 radical (unpaired) electrons. The van der Waals surface area contributed by atoms with Crippen LogP contribution in [0.3, 0.4) is 0 Å². The first-order valence-corrected chi connectivity index (χ1v) is 5.51. The van der Waals surface area contributed by atoms with Gasteiger partial charge in [0.1, 0.15) is 4.86 Å². The largest absolute Gasteiger partial charge is 0.462 e. The molecule has 1 unspecified atom stereocenters. The van der Waals surface area contributed by atoms with Crippen LogP contribution in [0.15, 0.2) is 0 Å². The molecule has 0 aliphatic carbocycles. The Morgan fingerprint density at radius 3 is 2.67 bits per heavy atom. The molecule has 0 spiro atoms. The Kier molecular flexibility index (Phi) is 3.03. The average molecular weight is 188 g/mol. The predicted molar refractivity (Wildman–Crippen MR) is 49.6 cm³/mol. The molecule has 12 heavy (non-hydrogen) atoms. The number of ketones is 1. The average Bonchev–Trinajstić information content (AvgIpc) is 2.00. The van der Waals surface area contributed by atoms with Gasteiger partial charge in [0.2, 0.25) is 0 Å². The summed E-state index contributed by atoms with van der Waals surface area (Å²) in [5.41, 5.74) is 0. The highest BCUT2D eigenvalue weighted by atomic mass is 32.2. The summed E-state index contributed by atoms with van der Waals surface area (Å²) in [5.74, 6) is 0.988. The number of carbonyl (C=O) groups excluding carboxylic acids is 2. The van der Waals surface area contributed by atoms with Crippen LogP contribution in [0, 0.1) is 0 Å². The van der Waals surface area contributed by atoms with Gasteiger partial charge in [-0.25, -0.2) is 4.79 Å². The van der Waals surface area contributed by atoms with Gasteiger partial charge >= 0.3 is 5.97 Å². The van der Waals surface area contributed by atoms with Crippen LogP contribution >= 0.6 is 10.5 Å². The van der Waals surface area contributed by atoms with Gasteiger partial charge in [0, 0.05) is 0 Å². The molecule has 1 heterocycles. The van der Waals surface area contributed by atoms with Crippen LogP contribution in [0.4, 0.5) is 0 Å². The summed E-state index contributed by atoms with van der Waals surface area (Å²) in [6, 6.07) is 0. The Morgan fingerprint density at radius 2 is 2.25 bits per heavy atom. The van der Waals surface area contributed by atoms with Gasteiger partial charge < -0.3 is 4.74 Å². The number of rotatable bonds is 3. The van der Waals surface area contributed by atoms with Gasteiger partial charge in [0.25, 0.3) is 0 Å². The highest BCUT2D eigenvalue weighted by molar-refractivity contribution is 8.21. The van der Waals surface area contributed by atoms with E-state index in [1.165, 1.54) is 0 Å². The Labute approximate surface area is 74.0 Å². The van der Waals surface area contributed by atoms with Crippen LogP contribution in [0.1, 0.15) is 13.8 Å². The summed E-state index contributed by atoms with van der Waals surface area (Å²) >= 11 is 0. The third-order valence-corrected chi connectivity index (χ3v) is 3.94. The molecule has 0 N–H and O–H groups in total.